The molecular weight excluding hydrogens is 312 g/mol. The van der Waals surface area contributed by atoms with Gasteiger partial charge in [0.1, 0.15) is 0 Å². The monoisotopic (exact) mass is 326 g/mol. The number of aromatic nitrogens is 1. The number of thiophene rings is 1. The van der Waals surface area contributed by atoms with E-state index in [2.05, 4.69) is 22.0 Å². The summed E-state index contributed by atoms with van der Waals surface area (Å²) in [4.78, 5) is 27.8. The van der Waals surface area contributed by atoms with Gasteiger partial charge in [0.05, 0.1) is 11.3 Å². The van der Waals surface area contributed by atoms with E-state index in [-0.39, 0.29) is 11.0 Å². The van der Waals surface area contributed by atoms with Crippen molar-refractivity contribution in [3.05, 3.63) is 27.6 Å². The summed E-state index contributed by atoms with van der Waals surface area (Å²) < 4.78 is 4.57. The van der Waals surface area contributed by atoms with Crippen LogP contribution in [0.5, 0.6) is 5.06 Å². The summed E-state index contributed by atoms with van der Waals surface area (Å²) in [7, 11) is 0. The Balaban J connectivity index is 2.06. The molecule has 0 radical (unpaired) electrons. The maximum absolute atomic E-state index is 12.1. The number of thiazole rings is 1. The van der Waals surface area contributed by atoms with Crippen LogP contribution in [0.2, 0.25) is 0 Å². The number of anilines is 1. The smallest absolute Gasteiger partial charge is 0.449 e. The van der Waals surface area contributed by atoms with E-state index in [0.29, 0.717) is 16.4 Å². The fourth-order valence-electron chi connectivity index (χ4n) is 1.66. The number of carboxylic acid groups (broad SMARTS) is 1. The van der Waals surface area contributed by atoms with E-state index in [4.69, 9.17) is 5.11 Å². The Labute approximate surface area is 129 Å². The third-order valence-corrected chi connectivity index (χ3v) is 4.51. The van der Waals surface area contributed by atoms with Gasteiger partial charge in [-0.25, -0.2) is 9.78 Å². The van der Waals surface area contributed by atoms with Crippen molar-refractivity contribution < 1.29 is 19.4 Å². The number of hydrogen-bond acceptors (Lipinski definition) is 6. The van der Waals surface area contributed by atoms with Crippen molar-refractivity contribution in [2.45, 2.75) is 26.7 Å². The van der Waals surface area contributed by atoms with Gasteiger partial charge >= 0.3 is 6.16 Å². The fourth-order valence-corrected chi connectivity index (χ4v) is 3.44. The van der Waals surface area contributed by atoms with Crippen LogP contribution in [-0.2, 0) is 6.42 Å². The van der Waals surface area contributed by atoms with E-state index >= 15 is 0 Å². The predicted octanol–water partition coefficient (Wildman–Crippen LogP) is 3.77. The van der Waals surface area contributed by atoms with Crippen molar-refractivity contribution in [3.63, 3.8) is 0 Å². The van der Waals surface area contributed by atoms with Crippen LogP contribution >= 0.6 is 22.7 Å². The molecular formula is C13H14N2O4S2. The van der Waals surface area contributed by atoms with Crippen molar-refractivity contribution in [2.75, 3.05) is 5.32 Å². The van der Waals surface area contributed by atoms with Crippen LogP contribution in [0.1, 0.15) is 34.3 Å². The van der Waals surface area contributed by atoms with Crippen molar-refractivity contribution >= 4 is 39.9 Å². The van der Waals surface area contributed by atoms with Crippen LogP contribution in [0.15, 0.2) is 11.4 Å². The van der Waals surface area contributed by atoms with Gasteiger partial charge in [-0.2, -0.15) is 0 Å². The lowest BCUT2D eigenvalue weighted by Gasteiger charge is -1.97. The molecule has 0 atom stereocenters. The van der Waals surface area contributed by atoms with Gasteiger partial charge < -0.3 is 9.84 Å². The molecule has 0 aliphatic heterocycles. The van der Waals surface area contributed by atoms with Crippen molar-refractivity contribution in [1.82, 2.24) is 4.98 Å². The fraction of sp³-hybridized carbons (Fsp3) is 0.308. The third kappa shape index (κ3) is 4.02. The number of amides is 1. The molecule has 112 valence electrons. The molecule has 2 N–H and O–H groups in total. The quantitative estimate of drug-likeness (QED) is 0.816. The molecule has 0 fully saturated rings. The minimum absolute atomic E-state index is 0.162. The second kappa shape index (κ2) is 6.68. The molecule has 0 aliphatic carbocycles. The average Bonchev–Trinajstić information content (AvgIpc) is 2.98. The van der Waals surface area contributed by atoms with Crippen molar-refractivity contribution in [3.8, 4) is 5.06 Å². The molecule has 1 amide bonds. The van der Waals surface area contributed by atoms with E-state index in [1.165, 1.54) is 0 Å². The zero-order chi connectivity index (χ0) is 15.4. The van der Waals surface area contributed by atoms with Crippen molar-refractivity contribution in [1.29, 1.82) is 0 Å². The summed E-state index contributed by atoms with van der Waals surface area (Å²) in [6, 6.07) is 1.86. The minimum Gasteiger partial charge on any atom is -0.449 e. The van der Waals surface area contributed by atoms with Gasteiger partial charge in [0, 0.05) is 10.3 Å². The first kappa shape index (κ1) is 15.5. The molecule has 6 nitrogen and oxygen atoms in total. The molecule has 0 saturated heterocycles. The molecule has 0 aromatic carbocycles. The first-order valence-corrected chi connectivity index (χ1v) is 7.96. The summed E-state index contributed by atoms with van der Waals surface area (Å²) in [5.41, 5.74) is 1.01. The first-order valence-electron chi connectivity index (χ1n) is 6.26. The summed E-state index contributed by atoms with van der Waals surface area (Å²) in [6.07, 6.45) is 0.579. The predicted molar refractivity (Wildman–Crippen MR) is 81.8 cm³/mol. The number of hydrogen-bond donors (Lipinski definition) is 2. The molecule has 21 heavy (non-hydrogen) atoms. The Hall–Kier alpha value is -1.93. The summed E-state index contributed by atoms with van der Waals surface area (Å²) in [6.45, 7) is 3.70. The summed E-state index contributed by atoms with van der Waals surface area (Å²) >= 11 is 2.53. The highest BCUT2D eigenvalue weighted by atomic mass is 32.1. The lowest BCUT2D eigenvalue weighted by Crippen LogP contribution is -2.10. The molecule has 2 aromatic rings. The van der Waals surface area contributed by atoms with Crippen LogP contribution in [0.3, 0.4) is 0 Å². The maximum atomic E-state index is 12.1. The van der Waals surface area contributed by atoms with E-state index in [0.717, 1.165) is 29.1 Å². The lowest BCUT2D eigenvalue weighted by atomic mass is 10.2. The standard InChI is InChI=1S/C13H14N2O4S2/c1-3-4-9-5-8(6-20-9)10(16)15-12-14-7(2)11(21-12)19-13(17)18/h5-6H,3-4H2,1-2H3,(H,17,18)(H,14,15,16). The molecule has 0 bridgehead atoms. The molecule has 2 heterocycles. The summed E-state index contributed by atoms with van der Waals surface area (Å²) in [5.74, 6) is -0.260. The number of aryl methyl sites for hydroxylation is 2. The Morgan fingerprint density at radius 1 is 1.48 bits per heavy atom. The van der Waals surface area contributed by atoms with Crippen LogP contribution in [0.25, 0.3) is 0 Å². The van der Waals surface area contributed by atoms with Gasteiger partial charge in [0.15, 0.2) is 5.13 Å². The van der Waals surface area contributed by atoms with E-state index in [1.807, 2.05) is 6.07 Å². The Kier molecular flexibility index (Phi) is 4.92. The average molecular weight is 326 g/mol. The van der Waals surface area contributed by atoms with Crippen LogP contribution in [0, 0.1) is 6.92 Å². The van der Waals surface area contributed by atoms with Gasteiger partial charge in [-0.15, -0.1) is 11.3 Å². The maximum Gasteiger partial charge on any atom is 0.512 e. The van der Waals surface area contributed by atoms with Crippen LogP contribution in [-0.4, -0.2) is 22.2 Å². The van der Waals surface area contributed by atoms with Gasteiger partial charge in [-0.1, -0.05) is 24.7 Å². The second-order valence-electron chi connectivity index (χ2n) is 4.27. The molecule has 2 aromatic heterocycles. The van der Waals surface area contributed by atoms with Crippen LogP contribution in [0.4, 0.5) is 9.93 Å². The van der Waals surface area contributed by atoms with E-state index < -0.39 is 6.16 Å². The highest BCUT2D eigenvalue weighted by molar-refractivity contribution is 7.17. The number of carbonyl (C=O) groups excluding carboxylic acids is 1. The molecule has 2 rings (SSSR count). The second-order valence-corrected chi connectivity index (χ2v) is 6.22. The highest BCUT2D eigenvalue weighted by Gasteiger charge is 2.15. The van der Waals surface area contributed by atoms with Gasteiger partial charge in [0.25, 0.3) is 5.91 Å². The highest BCUT2D eigenvalue weighted by Crippen LogP contribution is 2.30. The minimum atomic E-state index is -1.40. The van der Waals surface area contributed by atoms with Crippen molar-refractivity contribution in [2.24, 2.45) is 0 Å². The van der Waals surface area contributed by atoms with Crippen LogP contribution < -0.4 is 10.1 Å². The molecule has 0 unspecified atom stereocenters. The SMILES string of the molecule is CCCc1cc(C(=O)Nc2nc(C)c(OC(=O)O)s2)cs1. The molecule has 0 aliphatic rings. The Bertz CT molecular complexity index is 663. The van der Waals surface area contributed by atoms with Gasteiger partial charge in [-0.3, -0.25) is 10.1 Å². The normalized spacial score (nSPS) is 10.4. The topological polar surface area (TPSA) is 88.5 Å². The Morgan fingerprint density at radius 2 is 2.24 bits per heavy atom. The zero-order valence-electron chi connectivity index (χ0n) is 11.5. The molecule has 0 saturated carbocycles. The van der Waals surface area contributed by atoms with Gasteiger partial charge in [-0.05, 0) is 19.4 Å². The largest absolute Gasteiger partial charge is 0.512 e. The third-order valence-electron chi connectivity index (χ3n) is 2.57. The van der Waals surface area contributed by atoms with E-state index in [1.54, 1.807) is 23.6 Å². The molecule has 0 spiro atoms. The number of rotatable bonds is 5. The first-order chi connectivity index (χ1) is 9.99. The van der Waals surface area contributed by atoms with E-state index in [9.17, 15) is 9.59 Å². The zero-order valence-corrected chi connectivity index (χ0v) is 13.1. The number of ether oxygens (including phenoxy) is 1. The number of carbonyl (C=O) groups is 2. The Morgan fingerprint density at radius 3 is 2.90 bits per heavy atom. The number of nitrogens with one attached hydrogen (secondary N) is 1. The lowest BCUT2D eigenvalue weighted by molar-refractivity contribution is 0.102. The number of nitrogens with zero attached hydrogens (tertiary/aromatic N) is 1. The molecule has 8 heteroatoms. The van der Waals surface area contributed by atoms with Gasteiger partial charge in [0.2, 0.25) is 5.06 Å². The summed E-state index contributed by atoms with van der Waals surface area (Å²) in [5, 5.41) is 13.5.